The first kappa shape index (κ1) is 21.3. The summed E-state index contributed by atoms with van der Waals surface area (Å²) in [6.07, 6.45) is 1.75. The number of ether oxygens (including phenoxy) is 1. The Morgan fingerprint density at radius 3 is 2.77 bits per heavy atom. The summed E-state index contributed by atoms with van der Waals surface area (Å²) in [4.78, 5) is 17.1. The number of rotatable bonds is 4. The lowest BCUT2D eigenvalue weighted by Gasteiger charge is -2.31. The zero-order chi connectivity index (χ0) is 22.3. The standard InChI is InChI=1S/C21H22FN3O5S/c1-13-5-6-25-18(10-14-12-24(21(26)27)7-8-30-14)20(23-19(25)9-13)16-4-3-15(11-17(16)22)31(2,28)29/h3-6,9,11,14H,7-8,10,12H2,1-2H3,(H,26,27)/t14-/m0/s1. The minimum Gasteiger partial charge on any atom is -0.465 e. The number of nitrogens with zero attached hydrogens (tertiary/aromatic N) is 3. The summed E-state index contributed by atoms with van der Waals surface area (Å²) in [6, 6.07) is 7.52. The molecule has 0 bridgehead atoms. The van der Waals surface area contributed by atoms with E-state index in [4.69, 9.17) is 4.74 Å². The first-order valence-corrected chi connectivity index (χ1v) is 11.6. The SMILES string of the molecule is Cc1ccn2c(C[C@H]3CN(C(=O)O)CCO3)c(-c3ccc(S(C)(=O)=O)cc3F)nc2c1. The molecule has 0 saturated carbocycles. The van der Waals surface area contributed by atoms with Gasteiger partial charge in [0.15, 0.2) is 9.84 Å². The number of hydrogen-bond acceptors (Lipinski definition) is 5. The van der Waals surface area contributed by atoms with Crippen molar-refractivity contribution >= 4 is 21.6 Å². The van der Waals surface area contributed by atoms with Gasteiger partial charge in [-0.3, -0.25) is 0 Å². The Kier molecular flexibility index (Phi) is 5.44. The number of benzene rings is 1. The lowest BCUT2D eigenvalue weighted by molar-refractivity contribution is -0.0214. The van der Waals surface area contributed by atoms with Gasteiger partial charge in [0.1, 0.15) is 11.5 Å². The first-order chi connectivity index (χ1) is 14.6. The van der Waals surface area contributed by atoms with Crippen LogP contribution in [0, 0.1) is 12.7 Å². The second-order valence-corrected chi connectivity index (χ2v) is 9.69. The number of fused-ring (bicyclic) bond motifs is 1. The van der Waals surface area contributed by atoms with E-state index in [2.05, 4.69) is 4.98 Å². The van der Waals surface area contributed by atoms with Crippen molar-refractivity contribution in [2.75, 3.05) is 26.0 Å². The predicted octanol–water partition coefficient (Wildman–Crippen LogP) is 2.77. The van der Waals surface area contributed by atoms with Crippen LogP contribution >= 0.6 is 0 Å². The third-order valence-corrected chi connectivity index (χ3v) is 6.44. The van der Waals surface area contributed by atoms with Crippen molar-refractivity contribution in [3.63, 3.8) is 0 Å². The van der Waals surface area contributed by atoms with Crippen LogP contribution in [0.25, 0.3) is 16.9 Å². The summed E-state index contributed by atoms with van der Waals surface area (Å²) in [5, 5.41) is 9.30. The molecule has 164 valence electrons. The largest absolute Gasteiger partial charge is 0.465 e. The number of carboxylic acid groups (broad SMARTS) is 1. The molecule has 0 aliphatic carbocycles. The fraction of sp³-hybridized carbons (Fsp3) is 0.333. The molecule has 2 aromatic heterocycles. The van der Waals surface area contributed by atoms with Crippen LogP contribution in [0.5, 0.6) is 0 Å². The van der Waals surface area contributed by atoms with Crippen molar-refractivity contribution in [3.8, 4) is 11.3 Å². The molecule has 10 heteroatoms. The van der Waals surface area contributed by atoms with Crippen LogP contribution in [-0.2, 0) is 21.0 Å². The number of carbonyl (C=O) groups is 1. The quantitative estimate of drug-likeness (QED) is 0.660. The van der Waals surface area contributed by atoms with Crippen molar-refractivity contribution in [2.24, 2.45) is 0 Å². The number of sulfone groups is 1. The Bertz CT molecular complexity index is 1270. The first-order valence-electron chi connectivity index (χ1n) is 9.70. The normalized spacial score (nSPS) is 17.3. The minimum absolute atomic E-state index is 0.109. The average molecular weight is 447 g/mol. The maximum absolute atomic E-state index is 15.0. The van der Waals surface area contributed by atoms with Gasteiger partial charge in [0, 0.05) is 31.0 Å². The summed E-state index contributed by atoms with van der Waals surface area (Å²) < 4.78 is 46.1. The number of pyridine rings is 1. The molecule has 1 N–H and O–H groups in total. The molecule has 1 amide bonds. The zero-order valence-corrected chi connectivity index (χ0v) is 17.9. The Morgan fingerprint density at radius 1 is 1.32 bits per heavy atom. The lowest BCUT2D eigenvalue weighted by Crippen LogP contribution is -2.45. The second kappa shape index (κ2) is 7.93. The van der Waals surface area contributed by atoms with E-state index in [-0.39, 0.29) is 23.6 Å². The number of morpholine rings is 1. The van der Waals surface area contributed by atoms with Crippen molar-refractivity contribution in [1.82, 2.24) is 14.3 Å². The summed E-state index contributed by atoms with van der Waals surface area (Å²) in [5.41, 5.74) is 2.81. The maximum atomic E-state index is 15.0. The van der Waals surface area contributed by atoms with E-state index in [9.17, 15) is 22.7 Å². The number of hydrogen-bond donors (Lipinski definition) is 1. The van der Waals surface area contributed by atoms with Gasteiger partial charge in [-0.25, -0.2) is 22.6 Å². The third-order valence-electron chi connectivity index (χ3n) is 5.33. The molecule has 3 aromatic rings. The van der Waals surface area contributed by atoms with E-state index in [1.54, 1.807) is 0 Å². The van der Waals surface area contributed by atoms with Crippen LogP contribution in [0.15, 0.2) is 41.4 Å². The highest BCUT2D eigenvalue weighted by Crippen LogP contribution is 2.30. The molecular formula is C21H22FN3O5S. The van der Waals surface area contributed by atoms with Crippen molar-refractivity contribution < 1.29 is 27.4 Å². The Morgan fingerprint density at radius 2 is 2.10 bits per heavy atom. The number of halogens is 1. The molecule has 1 saturated heterocycles. The molecule has 1 aromatic carbocycles. The maximum Gasteiger partial charge on any atom is 0.407 e. The summed E-state index contributed by atoms with van der Waals surface area (Å²) >= 11 is 0. The van der Waals surface area contributed by atoms with Crippen molar-refractivity contribution in [1.29, 1.82) is 0 Å². The molecular weight excluding hydrogens is 425 g/mol. The molecule has 1 aliphatic heterocycles. The van der Waals surface area contributed by atoms with Crippen LogP contribution in [0.3, 0.4) is 0 Å². The monoisotopic (exact) mass is 447 g/mol. The van der Waals surface area contributed by atoms with Crippen LogP contribution in [-0.4, -0.2) is 66.0 Å². The van der Waals surface area contributed by atoms with E-state index >= 15 is 0 Å². The van der Waals surface area contributed by atoms with Crippen LogP contribution in [0.4, 0.5) is 9.18 Å². The van der Waals surface area contributed by atoms with Gasteiger partial charge < -0.3 is 19.1 Å². The van der Waals surface area contributed by atoms with Gasteiger partial charge >= 0.3 is 6.09 Å². The number of aryl methyl sites for hydroxylation is 1. The van der Waals surface area contributed by atoms with E-state index in [1.807, 2.05) is 29.7 Å². The Labute approximate surface area is 178 Å². The van der Waals surface area contributed by atoms with Gasteiger partial charge in [-0.15, -0.1) is 0 Å². The molecule has 8 nitrogen and oxygen atoms in total. The highest BCUT2D eigenvalue weighted by Gasteiger charge is 2.27. The van der Waals surface area contributed by atoms with Crippen LogP contribution in [0.1, 0.15) is 11.3 Å². The predicted molar refractivity (Wildman–Crippen MR) is 111 cm³/mol. The van der Waals surface area contributed by atoms with Crippen molar-refractivity contribution in [3.05, 3.63) is 53.6 Å². The highest BCUT2D eigenvalue weighted by atomic mass is 32.2. The van der Waals surface area contributed by atoms with Crippen LogP contribution in [0.2, 0.25) is 0 Å². The highest BCUT2D eigenvalue weighted by molar-refractivity contribution is 7.90. The summed E-state index contributed by atoms with van der Waals surface area (Å²) in [5.74, 6) is -0.693. The van der Waals surface area contributed by atoms with E-state index in [0.29, 0.717) is 30.0 Å². The molecule has 1 aliphatic rings. The molecule has 1 fully saturated rings. The van der Waals surface area contributed by atoms with Gasteiger partial charge in [0.2, 0.25) is 0 Å². The van der Waals surface area contributed by atoms with Crippen molar-refractivity contribution in [2.45, 2.75) is 24.3 Å². The molecule has 0 spiro atoms. The Hall–Kier alpha value is -2.98. The number of imidazole rings is 1. The fourth-order valence-electron chi connectivity index (χ4n) is 3.76. The second-order valence-electron chi connectivity index (χ2n) is 7.68. The fourth-order valence-corrected chi connectivity index (χ4v) is 4.39. The topological polar surface area (TPSA) is 101 Å². The molecule has 0 radical (unpaired) electrons. The molecule has 31 heavy (non-hydrogen) atoms. The Balaban J connectivity index is 1.80. The third kappa shape index (κ3) is 4.26. The lowest BCUT2D eigenvalue weighted by atomic mass is 10.0. The molecule has 3 heterocycles. The molecule has 4 rings (SSSR count). The van der Waals surface area contributed by atoms with E-state index < -0.39 is 27.9 Å². The van der Waals surface area contributed by atoms with Gasteiger partial charge in [-0.1, -0.05) is 0 Å². The zero-order valence-electron chi connectivity index (χ0n) is 17.1. The summed E-state index contributed by atoms with van der Waals surface area (Å²) in [6.45, 7) is 2.69. The van der Waals surface area contributed by atoms with E-state index in [1.165, 1.54) is 17.0 Å². The van der Waals surface area contributed by atoms with E-state index in [0.717, 1.165) is 17.9 Å². The number of aromatic nitrogens is 2. The van der Waals surface area contributed by atoms with Gasteiger partial charge in [0.25, 0.3) is 0 Å². The smallest absolute Gasteiger partial charge is 0.407 e. The molecule has 1 atom stereocenters. The van der Waals surface area contributed by atoms with Gasteiger partial charge in [-0.05, 0) is 42.8 Å². The summed E-state index contributed by atoms with van der Waals surface area (Å²) in [7, 11) is -3.55. The van der Waals surface area contributed by atoms with Gasteiger partial charge in [-0.2, -0.15) is 0 Å². The minimum atomic E-state index is -3.55. The molecule has 0 unspecified atom stereocenters. The van der Waals surface area contributed by atoms with Gasteiger partial charge in [0.05, 0.1) is 35.5 Å². The number of amides is 1. The van der Waals surface area contributed by atoms with Crippen LogP contribution < -0.4 is 0 Å². The average Bonchev–Trinajstić information content (AvgIpc) is 3.04.